The number of aromatic nitrogens is 3. The van der Waals surface area contributed by atoms with Crippen LogP contribution in [0.4, 0.5) is 4.79 Å². The molecule has 200 valence electrons. The molecule has 0 radical (unpaired) electrons. The molecule has 38 heavy (non-hydrogen) atoms. The molecule has 2 N–H and O–H groups in total. The summed E-state index contributed by atoms with van der Waals surface area (Å²) in [6, 6.07) is 12.9. The Labute approximate surface area is 219 Å². The maximum Gasteiger partial charge on any atom is 0.407 e. The highest BCUT2D eigenvalue weighted by molar-refractivity contribution is 5.81. The van der Waals surface area contributed by atoms with Gasteiger partial charge in [0.2, 0.25) is 11.8 Å². The number of nitrogens with zero attached hydrogens (tertiary/aromatic N) is 5. The Morgan fingerprint density at radius 2 is 1.82 bits per heavy atom. The number of benzene rings is 1. The van der Waals surface area contributed by atoms with Crippen LogP contribution in [0.5, 0.6) is 5.88 Å². The number of likely N-dealkylation sites (tertiary alicyclic amines) is 2. The van der Waals surface area contributed by atoms with Gasteiger partial charge in [-0.25, -0.2) is 14.8 Å². The molecule has 3 aromatic rings. The Bertz CT molecular complexity index is 1390. The first-order valence-electron chi connectivity index (χ1n) is 12.7. The molecule has 0 bridgehead atoms. The van der Waals surface area contributed by atoms with E-state index in [9.17, 15) is 24.6 Å². The minimum absolute atomic E-state index is 0.0215. The van der Waals surface area contributed by atoms with E-state index >= 15 is 0 Å². The van der Waals surface area contributed by atoms with Gasteiger partial charge < -0.3 is 24.7 Å². The predicted octanol–water partition coefficient (Wildman–Crippen LogP) is 1.94. The lowest BCUT2D eigenvalue weighted by Gasteiger charge is -2.42. The zero-order valence-corrected chi connectivity index (χ0v) is 21.2. The molecule has 2 fully saturated rings. The van der Waals surface area contributed by atoms with Crippen molar-refractivity contribution in [3.63, 3.8) is 0 Å². The third kappa shape index (κ3) is 5.06. The maximum atomic E-state index is 13.6. The number of fused-ring (bicyclic) bond motifs is 1. The minimum Gasteiger partial charge on any atom is -0.481 e. The van der Waals surface area contributed by atoms with E-state index in [1.807, 2.05) is 30.3 Å². The number of carbonyl (C=O) groups excluding carboxylic acids is 1. The number of methoxy groups -OCH3 is 1. The molecular weight excluding hydrogens is 490 g/mol. The number of carbonyl (C=O) groups is 2. The SMILES string of the molecule is COc1ccc2ncn(CC3(O)CCN(C(=O)[C@@H]4CCN(C(=O)O)C[C@H]4c4ccccc4)CC3)c(=O)c2n1. The summed E-state index contributed by atoms with van der Waals surface area (Å²) in [6.45, 7) is 1.31. The molecule has 0 saturated carbocycles. The summed E-state index contributed by atoms with van der Waals surface area (Å²) < 4.78 is 6.48. The second kappa shape index (κ2) is 10.4. The third-order valence-electron chi connectivity index (χ3n) is 7.76. The summed E-state index contributed by atoms with van der Waals surface area (Å²) in [4.78, 5) is 49.9. The number of amides is 2. The van der Waals surface area contributed by atoms with E-state index in [-0.39, 0.29) is 41.9 Å². The Hall–Kier alpha value is -3.99. The van der Waals surface area contributed by atoms with Crippen LogP contribution in [-0.4, -0.2) is 85.4 Å². The molecule has 4 heterocycles. The molecule has 5 rings (SSSR count). The monoisotopic (exact) mass is 521 g/mol. The summed E-state index contributed by atoms with van der Waals surface area (Å²) >= 11 is 0. The molecule has 2 amide bonds. The molecule has 1 aromatic carbocycles. The van der Waals surface area contributed by atoms with Gasteiger partial charge in [0.1, 0.15) is 0 Å². The van der Waals surface area contributed by atoms with Gasteiger partial charge in [0.15, 0.2) is 5.52 Å². The van der Waals surface area contributed by atoms with Crippen molar-refractivity contribution >= 4 is 23.0 Å². The fourth-order valence-corrected chi connectivity index (χ4v) is 5.55. The summed E-state index contributed by atoms with van der Waals surface area (Å²) in [7, 11) is 1.47. The van der Waals surface area contributed by atoms with Crippen LogP contribution < -0.4 is 10.3 Å². The van der Waals surface area contributed by atoms with Crippen molar-refractivity contribution < 1.29 is 24.5 Å². The van der Waals surface area contributed by atoms with Gasteiger partial charge >= 0.3 is 6.09 Å². The second-order valence-corrected chi connectivity index (χ2v) is 10.1. The second-order valence-electron chi connectivity index (χ2n) is 10.1. The number of hydrogen-bond acceptors (Lipinski definition) is 7. The van der Waals surface area contributed by atoms with Gasteiger partial charge in [0.05, 0.1) is 31.1 Å². The number of ether oxygens (including phenoxy) is 1. The quantitative estimate of drug-likeness (QED) is 0.520. The maximum absolute atomic E-state index is 13.6. The molecule has 2 aliphatic rings. The molecule has 0 spiro atoms. The van der Waals surface area contributed by atoms with Crippen molar-refractivity contribution in [1.82, 2.24) is 24.3 Å². The first-order valence-corrected chi connectivity index (χ1v) is 12.7. The van der Waals surface area contributed by atoms with Gasteiger partial charge in [-0.1, -0.05) is 30.3 Å². The lowest BCUT2D eigenvalue weighted by molar-refractivity contribution is -0.142. The van der Waals surface area contributed by atoms with Gasteiger partial charge in [-0.15, -0.1) is 0 Å². The van der Waals surface area contributed by atoms with E-state index in [4.69, 9.17) is 4.74 Å². The summed E-state index contributed by atoms with van der Waals surface area (Å²) in [5.41, 5.74) is 0.0138. The zero-order chi connectivity index (χ0) is 26.9. The highest BCUT2D eigenvalue weighted by Crippen LogP contribution is 2.35. The van der Waals surface area contributed by atoms with E-state index in [0.717, 1.165) is 5.56 Å². The van der Waals surface area contributed by atoms with Crippen molar-refractivity contribution in [3.05, 3.63) is 64.7 Å². The Morgan fingerprint density at radius 3 is 2.50 bits per heavy atom. The molecule has 2 saturated heterocycles. The molecule has 2 aliphatic heterocycles. The number of pyridine rings is 1. The van der Waals surface area contributed by atoms with Crippen LogP contribution in [0.2, 0.25) is 0 Å². The number of hydrogen-bond donors (Lipinski definition) is 2. The van der Waals surface area contributed by atoms with Gasteiger partial charge in [0, 0.05) is 44.1 Å². The average molecular weight is 522 g/mol. The van der Waals surface area contributed by atoms with Crippen molar-refractivity contribution in [2.24, 2.45) is 5.92 Å². The van der Waals surface area contributed by atoms with Crippen LogP contribution in [0, 0.1) is 5.92 Å². The van der Waals surface area contributed by atoms with Gasteiger partial charge in [-0.2, -0.15) is 0 Å². The zero-order valence-electron chi connectivity index (χ0n) is 21.2. The topological polar surface area (TPSA) is 138 Å². The number of aliphatic hydroxyl groups is 1. The van der Waals surface area contributed by atoms with Crippen molar-refractivity contribution in [2.75, 3.05) is 33.3 Å². The van der Waals surface area contributed by atoms with Crippen molar-refractivity contribution in [1.29, 1.82) is 0 Å². The largest absolute Gasteiger partial charge is 0.481 e. The lowest BCUT2D eigenvalue weighted by Crippen LogP contribution is -2.53. The highest BCUT2D eigenvalue weighted by atomic mass is 16.5. The van der Waals surface area contributed by atoms with Crippen LogP contribution in [0.1, 0.15) is 30.7 Å². The van der Waals surface area contributed by atoms with Crippen molar-refractivity contribution in [2.45, 2.75) is 37.3 Å². The van der Waals surface area contributed by atoms with Crippen LogP contribution in [0.15, 0.2) is 53.6 Å². The molecule has 0 aliphatic carbocycles. The van der Waals surface area contributed by atoms with Gasteiger partial charge in [-0.05, 0) is 30.9 Å². The van der Waals surface area contributed by atoms with E-state index in [1.54, 1.807) is 17.0 Å². The molecule has 2 atom stereocenters. The molecule has 2 aromatic heterocycles. The number of piperidine rings is 2. The smallest absolute Gasteiger partial charge is 0.407 e. The number of carboxylic acid groups (broad SMARTS) is 1. The van der Waals surface area contributed by atoms with Crippen molar-refractivity contribution in [3.8, 4) is 5.88 Å². The van der Waals surface area contributed by atoms with E-state index in [1.165, 1.54) is 22.9 Å². The summed E-state index contributed by atoms with van der Waals surface area (Å²) in [5.74, 6) is -0.289. The van der Waals surface area contributed by atoms with E-state index in [0.29, 0.717) is 50.3 Å². The first-order chi connectivity index (χ1) is 18.3. The Morgan fingerprint density at radius 1 is 1.08 bits per heavy atom. The lowest BCUT2D eigenvalue weighted by atomic mass is 9.79. The van der Waals surface area contributed by atoms with Crippen LogP contribution in [-0.2, 0) is 11.3 Å². The standard InChI is InChI=1S/C27H31N5O6/c1-38-22-8-7-21-23(29-22)25(34)32(17-28-21)16-27(37)10-13-30(14-11-27)24(33)19-9-12-31(26(35)36)15-20(19)18-5-3-2-4-6-18/h2-8,17,19-20,37H,9-16H2,1H3,(H,35,36)/t19-,20+/m1/s1. The van der Waals surface area contributed by atoms with Crippen LogP contribution in [0.3, 0.4) is 0 Å². The minimum atomic E-state index is -1.18. The Balaban J connectivity index is 1.28. The summed E-state index contributed by atoms with van der Waals surface area (Å²) in [5, 5.41) is 20.8. The normalized spacial score (nSPS) is 21.3. The fourth-order valence-electron chi connectivity index (χ4n) is 5.55. The van der Waals surface area contributed by atoms with Gasteiger partial charge in [-0.3, -0.25) is 14.2 Å². The molecular formula is C27H31N5O6. The molecule has 11 heteroatoms. The Kier molecular flexibility index (Phi) is 7.02. The van der Waals surface area contributed by atoms with Gasteiger partial charge in [0.25, 0.3) is 5.56 Å². The third-order valence-corrected chi connectivity index (χ3v) is 7.76. The predicted molar refractivity (Wildman–Crippen MR) is 138 cm³/mol. The van der Waals surface area contributed by atoms with Crippen LogP contribution >= 0.6 is 0 Å². The average Bonchev–Trinajstić information content (AvgIpc) is 2.94. The van der Waals surface area contributed by atoms with E-state index in [2.05, 4.69) is 9.97 Å². The summed E-state index contributed by atoms with van der Waals surface area (Å²) in [6.07, 6.45) is 1.49. The van der Waals surface area contributed by atoms with Crippen LogP contribution in [0.25, 0.3) is 11.0 Å². The molecule has 11 nitrogen and oxygen atoms in total. The first kappa shape index (κ1) is 25.7. The molecule has 0 unspecified atom stereocenters. The van der Waals surface area contributed by atoms with E-state index < -0.39 is 11.7 Å². The fraction of sp³-hybridized carbons (Fsp3) is 0.444. The number of rotatable bonds is 5. The highest BCUT2D eigenvalue weighted by Gasteiger charge is 2.41.